The molecule has 69 valence electrons. The molecule has 0 saturated heterocycles. The van der Waals surface area contributed by atoms with Gasteiger partial charge in [0.05, 0.1) is 0 Å². The molecule has 2 N–H and O–H groups in total. The highest BCUT2D eigenvalue weighted by Gasteiger charge is 1.96. The van der Waals surface area contributed by atoms with Crippen molar-refractivity contribution >= 4 is 24.1 Å². The fourth-order valence-electron chi connectivity index (χ4n) is 1.29. The van der Waals surface area contributed by atoms with Crippen molar-refractivity contribution in [3.8, 4) is 0 Å². The molecular weight excluding hydrogens is 187 g/mol. The van der Waals surface area contributed by atoms with Crippen molar-refractivity contribution in [2.75, 3.05) is 0 Å². The minimum Gasteiger partial charge on any atom is -0.412 e. The number of benzene rings is 2. The van der Waals surface area contributed by atoms with Gasteiger partial charge in [0, 0.05) is 0 Å². The second kappa shape index (κ2) is 5.62. The molecule has 14 heavy (non-hydrogen) atoms. The second-order valence-electron chi connectivity index (χ2n) is 2.97. The average Bonchev–Trinajstić information content (AvgIpc) is 2.21. The largest absolute Gasteiger partial charge is 0.412 e. The molecule has 0 fully saturated rings. The van der Waals surface area contributed by atoms with Crippen molar-refractivity contribution in [2.24, 2.45) is 0 Å². The van der Waals surface area contributed by atoms with E-state index in [-0.39, 0.29) is 20.7 Å². The van der Waals surface area contributed by atoms with Crippen molar-refractivity contribution < 1.29 is 5.48 Å². The maximum Gasteiger partial charge on any atom is 0.298 e. The fourth-order valence-corrected chi connectivity index (χ4v) is 2.51. The van der Waals surface area contributed by atoms with E-state index in [1.165, 1.54) is 8.85 Å². The van der Waals surface area contributed by atoms with Crippen LogP contribution >= 0.6 is 0 Å². The lowest BCUT2D eigenvalue weighted by atomic mass is 10.4. The molecule has 0 atom stereocenters. The van der Waals surface area contributed by atoms with E-state index in [0.29, 0.717) is 0 Å². The van der Waals surface area contributed by atoms with Gasteiger partial charge >= 0.3 is 0 Å². The molecule has 0 aliphatic carbocycles. The van der Waals surface area contributed by atoms with E-state index in [0.717, 1.165) is 0 Å². The topological polar surface area (TPSA) is 31.5 Å². The third kappa shape index (κ3) is 3.01. The minimum atomic E-state index is 0. The first-order valence-electron chi connectivity index (χ1n) is 4.40. The lowest BCUT2D eigenvalue weighted by Crippen LogP contribution is -2.26. The molecule has 0 aromatic heterocycles. The van der Waals surface area contributed by atoms with Crippen LogP contribution in [0.15, 0.2) is 60.7 Å². The summed E-state index contributed by atoms with van der Waals surface area (Å²) in [6.45, 7) is 0. The Balaban J connectivity index is 0.000000980. The first-order chi connectivity index (χ1) is 6.45. The van der Waals surface area contributed by atoms with Gasteiger partial charge in [-0.3, -0.25) is 0 Å². The lowest BCUT2D eigenvalue weighted by molar-refractivity contribution is 0.824. The summed E-state index contributed by atoms with van der Waals surface area (Å²) in [5, 5.41) is 0. The summed E-state index contributed by atoms with van der Waals surface area (Å²) in [6, 6.07) is 21.3. The van der Waals surface area contributed by atoms with Crippen LogP contribution < -0.4 is 8.85 Å². The molecule has 0 heterocycles. The highest BCUT2D eigenvalue weighted by molar-refractivity contribution is 6.67. The molecule has 0 aliphatic heterocycles. The zero-order valence-corrected chi connectivity index (χ0v) is 9.01. The molecular formula is C12H12AlO. The smallest absolute Gasteiger partial charge is 0.298 e. The Labute approximate surface area is 90.4 Å². The Morgan fingerprint density at radius 3 is 1.29 bits per heavy atom. The van der Waals surface area contributed by atoms with Gasteiger partial charge in [-0.15, -0.1) is 8.85 Å². The summed E-state index contributed by atoms with van der Waals surface area (Å²) >= 11 is 0.271. The second-order valence-corrected chi connectivity index (χ2v) is 4.59. The summed E-state index contributed by atoms with van der Waals surface area (Å²) in [5.74, 6) is 0. The molecule has 0 unspecified atom stereocenters. The van der Waals surface area contributed by atoms with E-state index in [1.807, 2.05) is 0 Å². The highest BCUT2D eigenvalue weighted by Crippen LogP contribution is 1.84. The van der Waals surface area contributed by atoms with Crippen LogP contribution in [-0.4, -0.2) is 20.7 Å². The fraction of sp³-hybridized carbons (Fsp3) is 0. The maximum absolute atomic E-state index is 2.20. The molecule has 1 nitrogen and oxygen atoms in total. The average molecular weight is 199 g/mol. The molecule has 2 aromatic rings. The zero-order chi connectivity index (χ0) is 8.93. The van der Waals surface area contributed by atoms with Gasteiger partial charge in [0.15, 0.2) is 0 Å². The third-order valence-corrected chi connectivity index (χ3v) is 3.37. The molecule has 0 bridgehead atoms. The van der Waals surface area contributed by atoms with E-state index in [9.17, 15) is 0 Å². The summed E-state index contributed by atoms with van der Waals surface area (Å²) in [7, 11) is 0. The van der Waals surface area contributed by atoms with Crippen molar-refractivity contribution in [1.82, 2.24) is 0 Å². The van der Waals surface area contributed by atoms with E-state index >= 15 is 0 Å². The molecule has 0 aliphatic rings. The van der Waals surface area contributed by atoms with Gasteiger partial charge in [-0.05, 0) is 0 Å². The number of rotatable bonds is 2. The molecule has 1 radical (unpaired) electrons. The lowest BCUT2D eigenvalue weighted by Gasteiger charge is -1.98. The molecule has 0 amide bonds. The van der Waals surface area contributed by atoms with Gasteiger partial charge in [-0.1, -0.05) is 60.7 Å². The van der Waals surface area contributed by atoms with E-state index in [4.69, 9.17) is 0 Å². The highest BCUT2D eigenvalue weighted by atomic mass is 27.1. The van der Waals surface area contributed by atoms with Gasteiger partial charge in [0.1, 0.15) is 0 Å². The van der Waals surface area contributed by atoms with Crippen LogP contribution in [0.5, 0.6) is 0 Å². The Hall–Kier alpha value is -1.07. The Bertz CT molecular complexity index is 321. The Morgan fingerprint density at radius 2 is 0.929 bits per heavy atom. The third-order valence-electron chi connectivity index (χ3n) is 1.93. The summed E-state index contributed by atoms with van der Waals surface area (Å²) in [4.78, 5) is 0. The van der Waals surface area contributed by atoms with Gasteiger partial charge < -0.3 is 5.48 Å². The van der Waals surface area contributed by atoms with Gasteiger partial charge in [0.25, 0.3) is 15.2 Å². The maximum atomic E-state index is 2.20. The summed E-state index contributed by atoms with van der Waals surface area (Å²) < 4.78 is 2.90. The summed E-state index contributed by atoms with van der Waals surface area (Å²) in [6.07, 6.45) is 0. The predicted octanol–water partition coefficient (Wildman–Crippen LogP) is 0.517. The van der Waals surface area contributed by atoms with Crippen LogP contribution in [0.4, 0.5) is 0 Å². The number of hydrogen-bond acceptors (Lipinski definition) is 0. The van der Waals surface area contributed by atoms with Gasteiger partial charge in [0.2, 0.25) is 0 Å². The van der Waals surface area contributed by atoms with Crippen LogP contribution in [0, 0.1) is 0 Å². The van der Waals surface area contributed by atoms with Crippen molar-refractivity contribution in [3.63, 3.8) is 0 Å². The van der Waals surface area contributed by atoms with Crippen molar-refractivity contribution in [2.45, 2.75) is 0 Å². The van der Waals surface area contributed by atoms with Crippen molar-refractivity contribution in [3.05, 3.63) is 60.7 Å². The Kier molecular flexibility index (Phi) is 4.42. The van der Waals surface area contributed by atoms with Crippen LogP contribution in [0.2, 0.25) is 0 Å². The quantitative estimate of drug-likeness (QED) is 0.631. The molecule has 0 saturated carbocycles. The van der Waals surface area contributed by atoms with Gasteiger partial charge in [-0.2, -0.15) is 0 Å². The van der Waals surface area contributed by atoms with Crippen LogP contribution in [0.25, 0.3) is 0 Å². The standard InChI is InChI=1S/2C6H5.Al.H2O/c2*1-2-4-6-5-3-1;;/h2*1-5H;;1H2. The normalized spacial score (nSPS) is 8.86. The van der Waals surface area contributed by atoms with E-state index in [1.54, 1.807) is 0 Å². The molecule has 2 heteroatoms. The van der Waals surface area contributed by atoms with E-state index < -0.39 is 0 Å². The summed E-state index contributed by atoms with van der Waals surface area (Å²) in [5.41, 5.74) is 0. The Morgan fingerprint density at radius 1 is 0.571 bits per heavy atom. The minimum absolute atomic E-state index is 0. The SMILES string of the molecule is O.c1cc[c]([Al][c]2ccccc2)cc1. The van der Waals surface area contributed by atoms with E-state index in [2.05, 4.69) is 60.7 Å². The van der Waals surface area contributed by atoms with Crippen molar-refractivity contribution in [1.29, 1.82) is 0 Å². The predicted molar refractivity (Wildman–Crippen MR) is 61.5 cm³/mol. The zero-order valence-electron chi connectivity index (χ0n) is 7.85. The van der Waals surface area contributed by atoms with Crippen LogP contribution in [0.1, 0.15) is 0 Å². The monoisotopic (exact) mass is 199 g/mol. The first kappa shape index (κ1) is 11.0. The number of hydrogen-bond donors (Lipinski definition) is 0. The van der Waals surface area contributed by atoms with Gasteiger partial charge in [-0.25, -0.2) is 0 Å². The van der Waals surface area contributed by atoms with Crippen LogP contribution in [0.3, 0.4) is 0 Å². The molecule has 2 rings (SSSR count). The molecule has 2 aromatic carbocycles. The molecule has 0 spiro atoms. The van der Waals surface area contributed by atoms with Crippen LogP contribution in [-0.2, 0) is 0 Å². The first-order valence-corrected chi connectivity index (χ1v) is 5.55.